The van der Waals surface area contributed by atoms with Crippen molar-refractivity contribution >= 4 is 33.1 Å². The highest BCUT2D eigenvalue weighted by Gasteiger charge is 2.37. The Morgan fingerprint density at radius 1 is 1.27 bits per heavy atom. The van der Waals surface area contributed by atoms with E-state index in [4.69, 9.17) is 0 Å². The molecular weight excluding hydrogens is 354 g/mol. The fraction of sp³-hybridized carbons (Fsp3) is 0.500. The van der Waals surface area contributed by atoms with E-state index in [2.05, 4.69) is 5.10 Å². The standard InChI is InChI=1S/C18H23N3O4S/c1-12-5-4-6-16(13(12)2)20(3)18(23)15-7-8-17(22)21(19-15)14-9-10-26(24,25)11-14/h4-6,14H,7-11H2,1-3H3/t14-/m1/s1. The number of carbonyl (C=O) groups is 2. The van der Waals surface area contributed by atoms with Crippen molar-refractivity contribution in [3.8, 4) is 0 Å². The van der Waals surface area contributed by atoms with Gasteiger partial charge in [0.1, 0.15) is 5.71 Å². The second-order valence-electron chi connectivity index (χ2n) is 6.93. The Kier molecular flexibility index (Phi) is 4.88. The Balaban J connectivity index is 1.85. The number of rotatable bonds is 3. The van der Waals surface area contributed by atoms with Crippen LogP contribution in [0.1, 0.15) is 30.4 Å². The van der Waals surface area contributed by atoms with Crippen LogP contribution in [0.3, 0.4) is 0 Å². The summed E-state index contributed by atoms with van der Waals surface area (Å²) < 4.78 is 23.4. The number of amides is 2. The number of benzene rings is 1. The number of sulfone groups is 1. The summed E-state index contributed by atoms with van der Waals surface area (Å²) in [6.07, 6.45) is 0.802. The quantitative estimate of drug-likeness (QED) is 0.797. The van der Waals surface area contributed by atoms with Crippen molar-refractivity contribution in [2.24, 2.45) is 5.10 Å². The SMILES string of the molecule is Cc1cccc(N(C)C(=O)C2=NN([C@@H]3CCS(=O)(=O)C3)C(=O)CC2)c1C. The van der Waals surface area contributed by atoms with Gasteiger partial charge in [-0.25, -0.2) is 13.4 Å². The van der Waals surface area contributed by atoms with E-state index in [0.29, 0.717) is 6.42 Å². The van der Waals surface area contributed by atoms with Gasteiger partial charge in [0, 0.05) is 25.6 Å². The average molecular weight is 377 g/mol. The first-order chi connectivity index (χ1) is 12.2. The van der Waals surface area contributed by atoms with Gasteiger partial charge in [-0.3, -0.25) is 9.59 Å². The first kappa shape index (κ1) is 18.6. The third-order valence-electron chi connectivity index (χ3n) is 5.10. The van der Waals surface area contributed by atoms with Gasteiger partial charge in [0.05, 0.1) is 17.5 Å². The van der Waals surface area contributed by atoms with Crippen molar-refractivity contribution in [2.45, 2.75) is 39.2 Å². The highest BCUT2D eigenvalue weighted by Crippen LogP contribution is 2.25. The fourth-order valence-corrected chi connectivity index (χ4v) is 5.07. The summed E-state index contributed by atoms with van der Waals surface area (Å²) in [6.45, 7) is 3.94. The molecule has 140 valence electrons. The van der Waals surface area contributed by atoms with Gasteiger partial charge in [-0.05, 0) is 37.5 Å². The molecule has 0 spiro atoms. The zero-order chi connectivity index (χ0) is 19.1. The maximum atomic E-state index is 12.9. The third kappa shape index (κ3) is 3.51. The summed E-state index contributed by atoms with van der Waals surface area (Å²) in [6, 6.07) is 5.27. The van der Waals surface area contributed by atoms with Crippen molar-refractivity contribution in [3.63, 3.8) is 0 Å². The van der Waals surface area contributed by atoms with Gasteiger partial charge >= 0.3 is 0 Å². The molecule has 1 fully saturated rings. The second-order valence-corrected chi connectivity index (χ2v) is 9.15. The maximum absolute atomic E-state index is 12.9. The minimum absolute atomic E-state index is 0.0582. The zero-order valence-corrected chi connectivity index (χ0v) is 16.0. The number of hydrogen-bond donors (Lipinski definition) is 0. The molecular formula is C18H23N3O4S. The number of nitrogens with zero attached hydrogens (tertiary/aromatic N) is 3. The molecule has 26 heavy (non-hydrogen) atoms. The van der Waals surface area contributed by atoms with Gasteiger partial charge in [0.15, 0.2) is 9.84 Å². The van der Waals surface area contributed by atoms with Crippen molar-refractivity contribution < 1.29 is 18.0 Å². The lowest BCUT2D eigenvalue weighted by molar-refractivity contribution is -0.133. The Morgan fingerprint density at radius 3 is 2.65 bits per heavy atom. The van der Waals surface area contributed by atoms with Crippen LogP contribution in [0.15, 0.2) is 23.3 Å². The number of anilines is 1. The molecule has 0 aliphatic carbocycles. The molecule has 2 aliphatic rings. The normalized spacial score (nSPS) is 22.3. The second kappa shape index (κ2) is 6.83. The molecule has 0 radical (unpaired) electrons. The molecule has 2 aliphatic heterocycles. The maximum Gasteiger partial charge on any atom is 0.274 e. The summed E-state index contributed by atoms with van der Waals surface area (Å²) in [5.74, 6) is -0.519. The summed E-state index contributed by atoms with van der Waals surface area (Å²) in [4.78, 5) is 26.6. The van der Waals surface area contributed by atoms with E-state index >= 15 is 0 Å². The molecule has 8 heteroatoms. The van der Waals surface area contributed by atoms with E-state index in [0.717, 1.165) is 16.8 Å². The van der Waals surface area contributed by atoms with Crippen molar-refractivity contribution in [3.05, 3.63) is 29.3 Å². The van der Waals surface area contributed by atoms with Crippen LogP contribution in [-0.4, -0.2) is 55.5 Å². The lowest BCUT2D eigenvalue weighted by atomic mass is 10.1. The molecule has 0 saturated carbocycles. The molecule has 1 atom stereocenters. The first-order valence-corrected chi connectivity index (χ1v) is 10.5. The van der Waals surface area contributed by atoms with Crippen LogP contribution >= 0.6 is 0 Å². The molecule has 0 N–H and O–H groups in total. The molecule has 0 aromatic heterocycles. The fourth-order valence-electron chi connectivity index (χ4n) is 3.38. The lowest BCUT2D eigenvalue weighted by Gasteiger charge is -2.29. The van der Waals surface area contributed by atoms with Crippen LogP contribution < -0.4 is 4.90 Å². The van der Waals surface area contributed by atoms with E-state index in [1.807, 2.05) is 32.0 Å². The number of aryl methyl sites for hydroxylation is 1. The minimum atomic E-state index is -3.13. The van der Waals surface area contributed by atoms with Gasteiger partial charge in [-0.15, -0.1) is 0 Å². The van der Waals surface area contributed by atoms with E-state index in [-0.39, 0.29) is 41.9 Å². The Bertz CT molecular complexity index is 892. The monoisotopic (exact) mass is 377 g/mol. The van der Waals surface area contributed by atoms with Gasteiger partial charge in [-0.1, -0.05) is 12.1 Å². The predicted octanol–water partition coefficient (Wildman–Crippen LogP) is 1.43. The molecule has 2 amide bonds. The van der Waals surface area contributed by atoms with Gasteiger partial charge in [0.2, 0.25) is 5.91 Å². The molecule has 0 bridgehead atoms. The van der Waals surface area contributed by atoms with Crippen molar-refractivity contribution in [2.75, 3.05) is 23.5 Å². The number of hydrogen-bond acceptors (Lipinski definition) is 5. The number of hydrazone groups is 1. The summed E-state index contributed by atoms with van der Waals surface area (Å²) >= 11 is 0. The molecule has 3 rings (SSSR count). The van der Waals surface area contributed by atoms with Gasteiger partial charge in [-0.2, -0.15) is 5.10 Å². The Labute approximate surface area is 153 Å². The van der Waals surface area contributed by atoms with Crippen LogP contribution in [0.5, 0.6) is 0 Å². The van der Waals surface area contributed by atoms with Gasteiger partial charge < -0.3 is 4.90 Å². The highest BCUT2D eigenvalue weighted by atomic mass is 32.2. The minimum Gasteiger partial charge on any atom is -0.310 e. The topological polar surface area (TPSA) is 87.1 Å². The van der Waals surface area contributed by atoms with Crippen LogP contribution in [0.2, 0.25) is 0 Å². The molecule has 7 nitrogen and oxygen atoms in total. The van der Waals surface area contributed by atoms with E-state index in [1.54, 1.807) is 11.9 Å². The lowest BCUT2D eigenvalue weighted by Crippen LogP contribution is -2.44. The summed E-state index contributed by atoms with van der Waals surface area (Å²) in [5, 5.41) is 5.47. The molecule has 1 saturated heterocycles. The first-order valence-electron chi connectivity index (χ1n) is 8.64. The van der Waals surface area contributed by atoms with Crippen molar-refractivity contribution in [1.82, 2.24) is 5.01 Å². The predicted molar refractivity (Wildman–Crippen MR) is 99.9 cm³/mol. The summed E-state index contributed by atoms with van der Waals surface area (Å²) in [5.41, 5.74) is 3.18. The smallest absolute Gasteiger partial charge is 0.274 e. The van der Waals surface area contributed by atoms with E-state index < -0.39 is 15.9 Å². The molecule has 1 aromatic rings. The Morgan fingerprint density at radius 2 is 2.00 bits per heavy atom. The molecule has 0 unspecified atom stereocenters. The van der Waals surface area contributed by atoms with E-state index in [9.17, 15) is 18.0 Å². The largest absolute Gasteiger partial charge is 0.310 e. The highest BCUT2D eigenvalue weighted by molar-refractivity contribution is 7.91. The van der Waals surface area contributed by atoms with Gasteiger partial charge in [0.25, 0.3) is 5.91 Å². The van der Waals surface area contributed by atoms with E-state index in [1.165, 1.54) is 5.01 Å². The third-order valence-corrected chi connectivity index (χ3v) is 6.85. The summed E-state index contributed by atoms with van der Waals surface area (Å²) in [7, 11) is -1.45. The van der Waals surface area contributed by atoms with Crippen LogP contribution in [0.4, 0.5) is 5.69 Å². The van der Waals surface area contributed by atoms with Crippen LogP contribution in [0, 0.1) is 13.8 Å². The molecule has 2 heterocycles. The Hall–Kier alpha value is -2.22. The number of carbonyl (C=O) groups excluding carboxylic acids is 2. The molecule has 1 aromatic carbocycles. The zero-order valence-electron chi connectivity index (χ0n) is 15.2. The van der Waals surface area contributed by atoms with Crippen LogP contribution in [-0.2, 0) is 19.4 Å². The van der Waals surface area contributed by atoms with Crippen LogP contribution in [0.25, 0.3) is 0 Å². The van der Waals surface area contributed by atoms with Crippen molar-refractivity contribution in [1.29, 1.82) is 0 Å². The average Bonchev–Trinajstić information content (AvgIpc) is 2.96.